The van der Waals surface area contributed by atoms with E-state index in [4.69, 9.17) is 46.4 Å². The quantitative estimate of drug-likeness (QED) is 0.751. The van der Waals surface area contributed by atoms with Crippen LogP contribution in [0.3, 0.4) is 0 Å². The van der Waals surface area contributed by atoms with Gasteiger partial charge < -0.3 is 5.32 Å². The van der Waals surface area contributed by atoms with Crippen LogP contribution in [-0.2, 0) is 0 Å². The molecule has 0 bridgehead atoms. The zero-order valence-electron chi connectivity index (χ0n) is 10.2. The molecular formula is C13H8Cl4N2O. The van der Waals surface area contributed by atoms with Gasteiger partial charge in [-0.25, -0.2) is 4.98 Å². The van der Waals surface area contributed by atoms with Crippen molar-refractivity contribution in [2.24, 2.45) is 0 Å². The van der Waals surface area contributed by atoms with Gasteiger partial charge in [-0.3, -0.25) is 4.79 Å². The van der Waals surface area contributed by atoms with Gasteiger partial charge in [-0.15, -0.1) is 0 Å². The van der Waals surface area contributed by atoms with Gasteiger partial charge in [-0.2, -0.15) is 0 Å². The molecule has 0 radical (unpaired) electrons. The van der Waals surface area contributed by atoms with Gasteiger partial charge in [0.2, 0.25) is 0 Å². The molecule has 1 aromatic heterocycles. The summed E-state index contributed by atoms with van der Waals surface area (Å²) in [5, 5.41) is 3.75. The molecule has 0 aliphatic heterocycles. The molecule has 0 aliphatic rings. The number of benzene rings is 1. The van der Waals surface area contributed by atoms with Gasteiger partial charge >= 0.3 is 0 Å². The lowest BCUT2D eigenvalue weighted by Gasteiger charge is -2.10. The maximum atomic E-state index is 12.1. The van der Waals surface area contributed by atoms with Crippen molar-refractivity contribution in [2.75, 3.05) is 5.32 Å². The summed E-state index contributed by atoms with van der Waals surface area (Å²) in [6, 6.07) is 6.20. The molecule has 0 saturated heterocycles. The lowest BCUT2D eigenvalue weighted by molar-refractivity contribution is 0.102. The number of nitrogens with zero attached hydrogens (tertiary/aromatic N) is 1. The second-order valence-corrected chi connectivity index (χ2v) is 5.57. The van der Waals surface area contributed by atoms with Crippen molar-refractivity contribution in [1.29, 1.82) is 0 Å². The van der Waals surface area contributed by atoms with Crippen molar-refractivity contribution >= 4 is 58.0 Å². The van der Waals surface area contributed by atoms with Crippen molar-refractivity contribution in [3.05, 3.63) is 55.7 Å². The minimum absolute atomic E-state index is 0.128. The Labute approximate surface area is 135 Å². The van der Waals surface area contributed by atoms with E-state index in [0.29, 0.717) is 26.9 Å². The number of rotatable bonds is 2. The Morgan fingerprint density at radius 1 is 1.10 bits per heavy atom. The summed E-state index contributed by atoms with van der Waals surface area (Å²) in [4.78, 5) is 16.0. The zero-order valence-corrected chi connectivity index (χ0v) is 13.2. The SMILES string of the molecule is Cc1cc(Cl)nc(Cl)c1NC(=O)c1ccc(Cl)c(Cl)c1. The first-order valence-corrected chi connectivity index (χ1v) is 6.98. The van der Waals surface area contributed by atoms with Gasteiger partial charge in [0.05, 0.1) is 15.7 Å². The second-order valence-electron chi connectivity index (χ2n) is 4.01. The molecule has 2 rings (SSSR count). The van der Waals surface area contributed by atoms with Crippen LogP contribution in [0, 0.1) is 6.92 Å². The number of amides is 1. The van der Waals surface area contributed by atoms with E-state index in [1.807, 2.05) is 0 Å². The monoisotopic (exact) mass is 348 g/mol. The Morgan fingerprint density at radius 3 is 2.40 bits per heavy atom. The molecule has 7 heteroatoms. The molecule has 3 nitrogen and oxygen atoms in total. The zero-order chi connectivity index (χ0) is 14.9. The molecule has 1 N–H and O–H groups in total. The highest BCUT2D eigenvalue weighted by atomic mass is 35.5. The van der Waals surface area contributed by atoms with Crippen molar-refractivity contribution in [2.45, 2.75) is 6.92 Å². The molecule has 104 valence electrons. The first-order valence-electron chi connectivity index (χ1n) is 5.47. The van der Waals surface area contributed by atoms with E-state index >= 15 is 0 Å². The number of anilines is 1. The molecule has 20 heavy (non-hydrogen) atoms. The summed E-state index contributed by atoms with van der Waals surface area (Å²) >= 11 is 23.4. The second kappa shape index (κ2) is 6.19. The number of hydrogen-bond donors (Lipinski definition) is 1. The number of aryl methyl sites for hydroxylation is 1. The van der Waals surface area contributed by atoms with Crippen LogP contribution >= 0.6 is 46.4 Å². The lowest BCUT2D eigenvalue weighted by atomic mass is 10.2. The smallest absolute Gasteiger partial charge is 0.255 e. The van der Waals surface area contributed by atoms with Gasteiger partial charge in [0.1, 0.15) is 5.15 Å². The highest BCUT2D eigenvalue weighted by Gasteiger charge is 2.13. The van der Waals surface area contributed by atoms with Crippen LogP contribution in [0.2, 0.25) is 20.4 Å². The third kappa shape index (κ3) is 3.36. The van der Waals surface area contributed by atoms with Crippen LogP contribution in [0.15, 0.2) is 24.3 Å². The van der Waals surface area contributed by atoms with Crippen molar-refractivity contribution in [1.82, 2.24) is 4.98 Å². The van der Waals surface area contributed by atoms with Crippen LogP contribution in [-0.4, -0.2) is 10.9 Å². The number of hydrogen-bond acceptors (Lipinski definition) is 2. The number of aromatic nitrogens is 1. The predicted octanol–water partition coefficient (Wildman–Crippen LogP) is 5.26. The summed E-state index contributed by atoms with van der Waals surface area (Å²) in [5.74, 6) is -0.363. The standard InChI is InChI=1S/C13H8Cl4N2O/c1-6-4-10(16)18-12(17)11(6)19-13(20)7-2-3-8(14)9(15)5-7/h2-5H,1H3,(H,19,20). The summed E-state index contributed by atoms with van der Waals surface area (Å²) < 4.78 is 0. The number of carbonyl (C=O) groups excluding carboxylic acids is 1. The Kier molecular flexibility index (Phi) is 4.76. The van der Waals surface area contributed by atoms with E-state index < -0.39 is 0 Å². The molecule has 1 amide bonds. The first-order chi connectivity index (χ1) is 9.38. The normalized spacial score (nSPS) is 10.4. The predicted molar refractivity (Wildman–Crippen MR) is 83.4 cm³/mol. The maximum Gasteiger partial charge on any atom is 0.255 e. The fourth-order valence-corrected chi connectivity index (χ4v) is 2.45. The summed E-state index contributed by atoms with van der Waals surface area (Å²) in [7, 11) is 0. The molecular weight excluding hydrogens is 342 g/mol. The Morgan fingerprint density at radius 2 is 1.80 bits per heavy atom. The number of halogens is 4. The maximum absolute atomic E-state index is 12.1. The van der Waals surface area contributed by atoms with Crippen LogP contribution in [0.5, 0.6) is 0 Å². The summed E-state index contributed by atoms with van der Waals surface area (Å²) in [6.45, 7) is 1.77. The lowest BCUT2D eigenvalue weighted by Crippen LogP contribution is -2.13. The first kappa shape index (κ1) is 15.4. The fraction of sp³-hybridized carbons (Fsp3) is 0.0769. The third-order valence-electron chi connectivity index (χ3n) is 2.56. The third-order valence-corrected chi connectivity index (χ3v) is 3.77. The van der Waals surface area contributed by atoms with E-state index in [-0.39, 0.29) is 16.2 Å². The minimum Gasteiger partial charge on any atom is -0.319 e. The highest BCUT2D eigenvalue weighted by molar-refractivity contribution is 6.42. The van der Waals surface area contributed by atoms with E-state index in [9.17, 15) is 4.79 Å². The average Bonchev–Trinajstić information content (AvgIpc) is 2.36. The topological polar surface area (TPSA) is 42.0 Å². The van der Waals surface area contributed by atoms with Gasteiger partial charge in [0.15, 0.2) is 5.15 Å². The van der Waals surface area contributed by atoms with E-state index in [2.05, 4.69) is 10.3 Å². The van der Waals surface area contributed by atoms with Gasteiger partial charge in [-0.1, -0.05) is 46.4 Å². The fourth-order valence-electron chi connectivity index (χ4n) is 1.57. The molecule has 0 saturated carbocycles. The van der Waals surface area contributed by atoms with Crippen LogP contribution in [0.4, 0.5) is 5.69 Å². The van der Waals surface area contributed by atoms with Crippen LogP contribution in [0.1, 0.15) is 15.9 Å². The van der Waals surface area contributed by atoms with Crippen LogP contribution in [0.25, 0.3) is 0 Å². The van der Waals surface area contributed by atoms with Gasteiger partial charge in [0.25, 0.3) is 5.91 Å². The van der Waals surface area contributed by atoms with E-state index in [0.717, 1.165) is 0 Å². The van der Waals surface area contributed by atoms with Crippen LogP contribution < -0.4 is 5.32 Å². The number of nitrogens with one attached hydrogen (secondary N) is 1. The Hall–Kier alpha value is -1.000. The molecule has 2 aromatic rings. The van der Waals surface area contributed by atoms with Gasteiger partial charge in [0, 0.05) is 5.56 Å². The Bertz CT molecular complexity index is 665. The number of carbonyl (C=O) groups is 1. The highest BCUT2D eigenvalue weighted by Crippen LogP contribution is 2.28. The van der Waals surface area contributed by atoms with E-state index in [1.54, 1.807) is 25.1 Å². The summed E-state index contributed by atoms with van der Waals surface area (Å²) in [6.07, 6.45) is 0. The molecule has 0 fully saturated rings. The van der Waals surface area contributed by atoms with Crippen molar-refractivity contribution in [3.8, 4) is 0 Å². The van der Waals surface area contributed by atoms with Crippen molar-refractivity contribution < 1.29 is 4.79 Å². The molecule has 0 aliphatic carbocycles. The summed E-state index contributed by atoms with van der Waals surface area (Å²) in [5.41, 5.74) is 1.49. The average molecular weight is 350 g/mol. The molecule has 1 aromatic carbocycles. The Balaban J connectivity index is 2.30. The largest absolute Gasteiger partial charge is 0.319 e. The number of pyridine rings is 1. The molecule has 0 atom stereocenters. The molecule has 0 spiro atoms. The van der Waals surface area contributed by atoms with Gasteiger partial charge in [-0.05, 0) is 36.8 Å². The molecule has 0 unspecified atom stereocenters. The minimum atomic E-state index is -0.363. The van der Waals surface area contributed by atoms with Crippen molar-refractivity contribution in [3.63, 3.8) is 0 Å². The molecule has 1 heterocycles. The van der Waals surface area contributed by atoms with E-state index in [1.165, 1.54) is 6.07 Å².